The fourth-order valence-electron chi connectivity index (χ4n) is 4.05. The summed E-state index contributed by atoms with van der Waals surface area (Å²) in [6, 6.07) is 8.64. The van der Waals surface area contributed by atoms with Crippen LogP contribution >= 0.6 is 0 Å². The predicted octanol–water partition coefficient (Wildman–Crippen LogP) is 2.98. The van der Waals surface area contributed by atoms with E-state index >= 15 is 0 Å². The number of aromatic nitrogens is 4. The molecule has 0 aliphatic carbocycles. The van der Waals surface area contributed by atoms with E-state index in [9.17, 15) is 5.11 Å². The van der Waals surface area contributed by atoms with Gasteiger partial charge in [-0.1, -0.05) is 25.0 Å². The molecule has 6 heteroatoms. The van der Waals surface area contributed by atoms with Crippen LogP contribution in [0.3, 0.4) is 0 Å². The maximum atomic E-state index is 9.51. The summed E-state index contributed by atoms with van der Waals surface area (Å²) in [7, 11) is 4.22. The Morgan fingerprint density at radius 1 is 1.15 bits per heavy atom. The fraction of sp³-hybridized carbons (Fsp3) is 0.500. The van der Waals surface area contributed by atoms with Crippen LogP contribution < -0.4 is 0 Å². The van der Waals surface area contributed by atoms with Crippen molar-refractivity contribution in [1.82, 2.24) is 24.2 Å². The zero-order chi connectivity index (χ0) is 18.1. The van der Waals surface area contributed by atoms with E-state index < -0.39 is 0 Å². The van der Waals surface area contributed by atoms with Gasteiger partial charge in [0.05, 0.1) is 19.2 Å². The van der Waals surface area contributed by atoms with Crippen molar-refractivity contribution in [1.29, 1.82) is 0 Å². The summed E-state index contributed by atoms with van der Waals surface area (Å²) in [6.07, 6.45) is 6.88. The molecule has 1 aliphatic heterocycles. The standard InChI is InChI=1S/C20H27N5O/c1-23-11-5-3-4-8-18(23)20-21-19(22-25(20)13-14-26)16-7-6-9-17-15(16)10-12-24(17)2/h6-7,9-10,12,18,26H,3-5,8,11,13-14H2,1-2H3. The van der Waals surface area contributed by atoms with Gasteiger partial charge in [-0.05, 0) is 38.6 Å². The number of aryl methyl sites for hydroxylation is 1. The second kappa shape index (κ2) is 7.21. The molecule has 1 unspecified atom stereocenters. The summed E-state index contributed by atoms with van der Waals surface area (Å²) < 4.78 is 4.02. The summed E-state index contributed by atoms with van der Waals surface area (Å²) in [4.78, 5) is 7.35. The molecule has 1 N–H and O–H groups in total. The smallest absolute Gasteiger partial charge is 0.182 e. The van der Waals surface area contributed by atoms with Crippen LogP contribution in [0.2, 0.25) is 0 Å². The Bertz CT molecular complexity index is 897. The van der Waals surface area contributed by atoms with Gasteiger partial charge in [-0.2, -0.15) is 5.10 Å². The summed E-state index contributed by atoms with van der Waals surface area (Å²) in [5, 5.41) is 15.5. The highest BCUT2D eigenvalue weighted by molar-refractivity contribution is 5.93. The molecule has 138 valence electrons. The van der Waals surface area contributed by atoms with E-state index in [0.717, 1.165) is 35.6 Å². The number of likely N-dealkylation sites (tertiary alicyclic amines) is 1. The first-order chi connectivity index (χ1) is 12.7. The van der Waals surface area contributed by atoms with E-state index in [2.05, 4.69) is 54.0 Å². The van der Waals surface area contributed by atoms with Gasteiger partial charge in [0.1, 0.15) is 5.82 Å². The summed E-state index contributed by atoms with van der Waals surface area (Å²) in [5.74, 6) is 1.73. The van der Waals surface area contributed by atoms with Gasteiger partial charge >= 0.3 is 0 Å². The number of hydrogen-bond acceptors (Lipinski definition) is 4. The molecule has 0 amide bonds. The molecule has 1 atom stereocenters. The predicted molar refractivity (Wildman–Crippen MR) is 103 cm³/mol. The van der Waals surface area contributed by atoms with Crippen LogP contribution in [0, 0.1) is 0 Å². The lowest BCUT2D eigenvalue weighted by Crippen LogP contribution is -2.27. The minimum absolute atomic E-state index is 0.0712. The van der Waals surface area contributed by atoms with Crippen molar-refractivity contribution in [2.75, 3.05) is 20.2 Å². The zero-order valence-corrected chi connectivity index (χ0v) is 15.6. The molecule has 1 aromatic carbocycles. The lowest BCUT2D eigenvalue weighted by atomic mass is 10.1. The normalized spacial score (nSPS) is 19.1. The van der Waals surface area contributed by atoms with E-state index in [1.54, 1.807) is 0 Å². The quantitative estimate of drug-likeness (QED) is 0.783. The van der Waals surface area contributed by atoms with Gasteiger partial charge < -0.3 is 9.67 Å². The largest absolute Gasteiger partial charge is 0.394 e. The molecule has 0 radical (unpaired) electrons. The molecule has 2 aromatic heterocycles. The Hall–Kier alpha value is -2.18. The number of hydrogen-bond donors (Lipinski definition) is 1. The van der Waals surface area contributed by atoms with Crippen LogP contribution in [0.5, 0.6) is 0 Å². The van der Waals surface area contributed by atoms with Crippen molar-refractivity contribution >= 4 is 10.9 Å². The first-order valence-corrected chi connectivity index (χ1v) is 9.49. The van der Waals surface area contributed by atoms with E-state index in [4.69, 9.17) is 10.1 Å². The molecule has 4 rings (SSSR count). The highest BCUT2D eigenvalue weighted by Crippen LogP contribution is 2.31. The van der Waals surface area contributed by atoms with Crippen LogP contribution in [-0.2, 0) is 13.6 Å². The maximum absolute atomic E-state index is 9.51. The second-order valence-corrected chi connectivity index (χ2v) is 7.25. The third kappa shape index (κ3) is 3.04. The Morgan fingerprint density at radius 2 is 2.04 bits per heavy atom. The highest BCUT2D eigenvalue weighted by Gasteiger charge is 2.26. The minimum atomic E-state index is 0.0712. The molecule has 3 aromatic rings. The van der Waals surface area contributed by atoms with Crippen molar-refractivity contribution < 1.29 is 5.11 Å². The molecular weight excluding hydrogens is 326 g/mol. The van der Waals surface area contributed by atoms with E-state index in [-0.39, 0.29) is 12.6 Å². The van der Waals surface area contributed by atoms with E-state index in [1.807, 2.05) is 4.68 Å². The Kier molecular flexibility index (Phi) is 4.78. The molecule has 1 aliphatic rings. The lowest BCUT2D eigenvalue weighted by molar-refractivity contribution is 0.221. The van der Waals surface area contributed by atoms with Crippen molar-refractivity contribution in [2.24, 2.45) is 7.05 Å². The first-order valence-electron chi connectivity index (χ1n) is 9.49. The van der Waals surface area contributed by atoms with Gasteiger partial charge in [0.2, 0.25) is 0 Å². The number of aliphatic hydroxyl groups excluding tert-OH is 1. The number of nitrogens with zero attached hydrogens (tertiary/aromatic N) is 5. The third-order valence-corrected chi connectivity index (χ3v) is 5.50. The van der Waals surface area contributed by atoms with Gasteiger partial charge in [0.15, 0.2) is 5.82 Å². The number of aliphatic hydroxyl groups is 1. The van der Waals surface area contributed by atoms with Crippen LogP contribution in [0.4, 0.5) is 0 Å². The highest BCUT2D eigenvalue weighted by atomic mass is 16.3. The Morgan fingerprint density at radius 3 is 2.88 bits per heavy atom. The molecule has 0 bridgehead atoms. The minimum Gasteiger partial charge on any atom is -0.394 e. The second-order valence-electron chi connectivity index (χ2n) is 7.25. The summed E-state index contributed by atoms with van der Waals surface area (Å²) in [6.45, 7) is 1.64. The van der Waals surface area contributed by atoms with Crippen LogP contribution in [-0.4, -0.2) is 49.5 Å². The third-order valence-electron chi connectivity index (χ3n) is 5.50. The number of rotatable bonds is 4. The molecule has 26 heavy (non-hydrogen) atoms. The average molecular weight is 353 g/mol. The van der Waals surface area contributed by atoms with Crippen LogP contribution in [0.25, 0.3) is 22.3 Å². The first kappa shape index (κ1) is 17.2. The van der Waals surface area contributed by atoms with Gasteiger partial charge in [0, 0.05) is 29.7 Å². The fourth-order valence-corrected chi connectivity index (χ4v) is 4.05. The lowest BCUT2D eigenvalue weighted by Gasteiger charge is -2.24. The Labute approximate surface area is 154 Å². The zero-order valence-electron chi connectivity index (χ0n) is 15.6. The maximum Gasteiger partial charge on any atom is 0.182 e. The molecule has 1 saturated heterocycles. The summed E-state index contributed by atoms with van der Waals surface area (Å²) in [5.41, 5.74) is 2.23. The van der Waals surface area contributed by atoms with Crippen LogP contribution in [0.15, 0.2) is 30.5 Å². The van der Waals surface area contributed by atoms with Crippen molar-refractivity contribution in [3.05, 3.63) is 36.3 Å². The van der Waals surface area contributed by atoms with Crippen molar-refractivity contribution in [3.63, 3.8) is 0 Å². The van der Waals surface area contributed by atoms with Gasteiger partial charge in [-0.3, -0.25) is 4.90 Å². The van der Waals surface area contributed by atoms with Gasteiger partial charge in [-0.25, -0.2) is 9.67 Å². The molecule has 1 fully saturated rings. The summed E-state index contributed by atoms with van der Waals surface area (Å²) >= 11 is 0. The van der Waals surface area contributed by atoms with Crippen molar-refractivity contribution in [3.8, 4) is 11.4 Å². The topological polar surface area (TPSA) is 59.1 Å². The van der Waals surface area contributed by atoms with Crippen molar-refractivity contribution in [2.45, 2.75) is 38.3 Å². The van der Waals surface area contributed by atoms with Gasteiger partial charge in [0.25, 0.3) is 0 Å². The number of fused-ring (bicyclic) bond motifs is 1. The van der Waals surface area contributed by atoms with Gasteiger partial charge in [-0.15, -0.1) is 0 Å². The number of benzene rings is 1. The molecule has 0 spiro atoms. The van der Waals surface area contributed by atoms with E-state index in [0.29, 0.717) is 6.54 Å². The van der Waals surface area contributed by atoms with Crippen LogP contribution in [0.1, 0.15) is 37.5 Å². The monoisotopic (exact) mass is 353 g/mol. The molecular formula is C20H27N5O. The molecule has 0 saturated carbocycles. The Balaban J connectivity index is 1.80. The average Bonchev–Trinajstić information content (AvgIpc) is 3.15. The molecule has 6 nitrogen and oxygen atoms in total. The SMILES string of the molecule is CN1CCCCCC1c1nc(-c2cccc3c2ccn3C)nn1CCO. The van der Waals surface area contributed by atoms with E-state index in [1.165, 1.54) is 24.8 Å². The molecule has 3 heterocycles.